The van der Waals surface area contributed by atoms with Gasteiger partial charge in [0.25, 0.3) is 5.91 Å². The van der Waals surface area contributed by atoms with Crippen molar-refractivity contribution >= 4 is 46.3 Å². The van der Waals surface area contributed by atoms with Crippen molar-refractivity contribution in [1.29, 1.82) is 0 Å². The molecular formula is C19H17N3O5S. The van der Waals surface area contributed by atoms with E-state index in [-0.39, 0.29) is 17.0 Å². The first kappa shape index (κ1) is 19.4. The van der Waals surface area contributed by atoms with Gasteiger partial charge < -0.3 is 19.8 Å². The normalized spacial score (nSPS) is 10.5. The monoisotopic (exact) mass is 399 g/mol. The summed E-state index contributed by atoms with van der Waals surface area (Å²) in [6.07, 6.45) is 0. The third kappa shape index (κ3) is 4.89. The van der Waals surface area contributed by atoms with Crippen LogP contribution in [0.4, 0.5) is 5.69 Å². The van der Waals surface area contributed by atoms with E-state index >= 15 is 0 Å². The Morgan fingerprint density at radius 3 is 2.64 bits per heavy atom. The Bertz CT molecular complexity index is 984. The number of carbonyl (C=O) groups excluding carboxylic acids is 3. The maximum absolute atomic E-state index is 12.0. The topological polar surface area (TPSA) is 110 Å². The summed E-state index contributed by atoms with van der Waals surface area (Å²) in [6.45, 7) is -0.463. The van der Waals surface area contributed by atoms with Gasteiger partial charge in [0.2, 0.25) is 0 Å². The number of benzene rings is 2. The van der Waals surface area contributed by atoms with Gasteiger partial charge in [0.1, 0.15) is 0 Å². The lowest BCUT2D eigenvalue weighted by molar-refractivity contribution is -0.144. The third-order valence-electron chi connectivity index (χ3n) is 3.67. The standard InChI is InChI=1S/C19H17N3O5S/c1-26-18(25)12-6-2-3-7-13(12)20-16(23)10-27-17(24)11-28-19-21-14-8-4-5-9-15(14)22-19/h2-9H,10-11H2,1H3,(H,20,23)(H,21,22). The summed E-state index contributed by atoms with van der Waals surface area (Å²) in [5.41, 5.74) is 2.18. The molecule has 0 aliphatic carbocycles. The van der Waals surface area contributed by atoms with E-state index in [0.29, 0.717) is 5.16 Å². The molecule has 0 aliphatic heterocycles. The average Bonchev–Trinajstić information content (AvgIpc) is 3.13. The van der Waals surface area contributed by atoms with Crippen LogP contribution in [0.2, 0.25) is 0 Å². The molecule has 0 fully saturated rings. The molecule has 8 nitrogen and oxygen atoms in total. The van der Waals surface area contributed by atoms with Crippen molar-refractivity contribution < 1.29 is 23.9 Å². The van der Waals surface area contributed by atoms with Gasteiger partial charge in [-0.25, -0.2) is 9.78 Å². The second kappa shape index (κ2) is 9.05. The van der Waals surface area contributed by atoms with Gasteiger partial charge in [-0.1, -0.05) is 36.0 Å². The minimum Gasteiger partial charge on any atom is -0.465 e. The number of imidazole rings is 1. The van der Waals surface area contributed by atoms with Crippen LogP contribution in [0.5, 0.6) is 0 Å². The predicted octanol–water partition coefficient (Wildman–Crippen LogP) is 2.62. The van der Waals surface area contributed by atoms with E-state index in [1.165, 1.54) is 24.9 Å². The summed E-state index contributed by atoms with van der Waals surface area (Å²) in [6, 6.07) is 13.9. The van der Waals surface area contributed by atoms with Crippen LogP contribution in [0.1, 0.15) is 10.4 Å². The summed E-state index contributed by atoms with van der Waals surface area (Å²) < 4.78 is 9.63. The third-order valence-corrected chi connectivity index (χ3v) is 4.51. The Hall–Kier alpha value is -3.33. The van der Waals surface area contributed by atoms with Crippen LogP contribution in [-0.4, -0.2) is 47.3 Å². The molecule has 28 heavy (non-hydrogen) atoms. The largest absolute Gasteiger partial charge is 0.465 e. The maximum Gasteiger partial charge on any atom is 0.339 e. The summed E-state index contributed by atoms with van der Waals surface area (Å²) in [5, 5.41) is 3.12. The minimum atomic E-state index is -0.574. The molecule has 0 spiro atoms. The zero-order valence-corrected chi connectivity index (χ0v) is 15.7. The predicted molar refractivity (Wildman–Crippen MR) is 104 cm³/mol. The molecule has 0 atom stereocenters. The number of hydrogen-bond donors (Lipinski definition) is 2. The maximum atomic E-state index is 12.0. The minimum absolute atomic E-state index is 0.00580. The number of thioether (sulfide) groups is 1. The highest BCUT2D eigenvalue weighted by molar-refractivity contribution is 7.99. The van der Waals surface area contributed by atoms with Crippen molar-refractivity contribution in [2.24, 2.45) is 0 Å². The SMILES string of the molecule is COC(=O)c1ccccc1NC(=O)COC(=O)CSc1nc2ccccc2[nH]1. The molecule has 144 valence electrons. The zero-order chi connectivity index (χ0) is 19.9. The van der Waals surface area contributed by atoms with Crippen molar-refractivity contribution in [3.63, 3.8) is 0 Å². The van der Waals surface area contributed by atoms with Crippen LogP contribution in [0.15, 0.2) is 53.7 Å². The van der Waals surface area contributed by atoms with E-state index in [9.17, 15) is 14.4 Å². The Morgan fingerprint density at radius 1 is 1.11 bits per heavy atom. The molecule has 1 amide bonds. The number of anilines is 1. The number of para-hydroxylation sites is 3. The number of carbonyl (C=O) groups is 3. The lowest BCUT2D eigenvalue weighted by atomic mass is 10.2. The van der Waals surface area contributed by atoms with Crippen LogP contribution in [0, 0.1) is 0 Å². The molecule has 3 aromatic rings. The van der Waals surface area contributed by atoms with Gasteiger partial charge in [-0.3, -0.25) is 9.59 Å². The smallest absolute Gasteiger partial charge is 0.339 e. The second-order valence-electron chi connectivity index (χ2n) is 5.59. The lowest BCUT2D eigenvalue weighted by Gasteiger charge is -2.09. The van der Waals surface area contributed by atoms with Gasteiger partial charge in [0.05, 0.1) is 35.1 Å². The van der Waals surface area contributed by atoms with E-state index in [1.807, 2.05) is 24.3 Å². The van der Waals surface area contributed by atoms with Crippen molar-refractivity contribution in [2.75, 3.05) is 24.8 Å². The number of rotatable bonds is 7. The Labute approximate surface area is 164 Å². The van der Waals surface area contributed by atoms with E-state index in [4.69, 9.17) is 4.74 Å². The highest BCUT2D eigenvalue weighted by Gasteiger charge is 2.15. The molecule has 3 rings (SSSR count). The molecule has 0 aliphatic rings. The van der Waals surface area contributed by atoms with Crippen LogP contribution < -0.4 is 5.32 Å². The lowest BCUT2D eigenvalue weighted by Crippen LogP contribution is -2.22. The van der Waals surface area contributed by atoms with Gasteiger partial charge in [-0.05, 0) is 24.3 Å². The molecule has 2 N–H and O–H groups in total. The van der Waals surface area contributed by atoms with Gasteiger partial charge in [-0.2, -0.15) is 0 Å². The van der Waals surface area contributed by atoms with Gasteiger partial charge in [0.15, 0.2) is 11.8 Å². The van der Waals surface area contributed by atoms with Crippen molar-refractivity contribution in [1.82, 2.24) is 9.97 Å². The summed E-state index contributed by atoms with van der Waals surface area (Å²) in [4.78, 5) is 43.0. The Balaban J connectivity index is 1.48. The first-order valence-corrected chi connectivity index (χ1v) is 9.25. The fourth-order valence-corrected chi connectivity index (χ4v) is 3.06. The number of esters is 2. The Morgan fingerprint density at radius 2 is 1.86 bits per heavy atom. The first-order valence-electron chi connectivity index (χ1n) is 8.27. The number of ether oxygens (including phenoxy) is 2. The van der Waals surface area contributed by atoms with Crippen molar-refractivity contribution in [3.8, 4) is 0 Å². The summed E-state index contributed by atoms with van der Waals surface area (Å²) in [7, 11) is 1.25. The summed E-state index contributed by atoms with van der Waals surface area (Å²) in [5.74, 6) is -1.68. The Kier molecular flexibility index (Phi) is 6.28. The molecular weight excluding hydrogens is 382 g/mol. The molecule has 1 heterocycles. The first-order chi connectivity index (χ1) is 13.6. The summed E-state index contributed by atoms with van der Waals surface area (Å²) >= 11 is 1.19. The number of nitrogens with one attached hydrogen (secondary N) is 2. The molecule has 9 heteroatoms. The van der Waals surface area contributed by atoms with E-state index in [2.05, 4.69) is 20.0 Å². The quantitative estimate of drug-likeness (QED) is 0.464. The van der Waals surface area contributed by atoms with E-state index in [1.54, 1.807) is 18.2 Å². The fraction of sp³-hybridized carbons (Fsp3) is 0.158. The highest BCUT2D eigenvalue weighted by Crippen LogP contribution is 2.19. The molecule has 0 unspecified atom stereocenters. The molecule has 1 aromatic heterocycles. The van der Waals surface area contributed by atoms with Crippen LogP contribution in [-0.2, 0) is 19.1 Å². The molecule has 2 aromatic carbocycles. The highest BCUT2D eigenvalue weighted by atomic mass is 32.2. The van der Waals surface area contributed by atoms with E-state index in [0.717, 1.165) is 11.0 Å². The van der Waals surface area contributed by atoms with Crippen LogP contribution in [0.25, 0.3) is 11.0 Å². The molecule has 0 radical (unpaired) electrons. The number of nitrogens with zero attached hydrogens (tertiary/aromatic N) is 1. The van der Waals surface area contributed by atoms with Crippen molar-refractivity contribution in [2.45, 2.75) is 5.16 Å². The van der Waals surface area contributed by atoms with E-state index < -0.39 is 24.5 Å². The molecule has 0 bridgehead atoms. The van der Waals surface area contributed by atoms with Gasteiger partial charge in [-0.15, -0.1) is 0 Å². The average molecular weight is 399 g/mol. The second-order valence-corrected chi connectivity index (χ2v) is 6.56. The number of hydrogen-bond acceptors (Lipinski definition) is 7. The van der Waals surface area contributed by atoms with Gasteiger partial charge in [0, 0.05) is 0 Å². The van der Waals surface area contributed by atoms with Gasteiger partial charge >= 0.3 is 11.9 Å². The number of H-pyrrole nitrogens is 1. The zero-order valence-electron chi connectivity index (χ0n) is 14.9. The molecule has 0 saturated heterocycles. The molecule has 0 saturated carbocycles. The number of amides is 1. The number of methoxy groups -OCH3 is 1. The fourth-order valence-electron chi connectivity index (χ4n) is 2.38. The number of aromatic nitrogens is 2. The van der Waals surface area contributed by atoms with Crippen LogP contribution in [0.3, 0.4) is 0 Å². The number of aromatic amines is 1. The van der Waals surface area contributed by atoms with Crippen molar-refractivity contribution in [3.05, 3.63) is 54.1 Å². The van der Waals surface area contributed by atoms with Crippen LogP contribution >= 0.6 is 11.8 Å². The number of fused-ring (bicyclic) bond motifs is 1.